The van der Waals surface area contributed by atoms with E-state index in [9.17, 15) is 5.11 Å². The zero-order valence-corrected chi connectivity index (χ0v) is 7.12. The van der Waals surface area contributed by atoms with Gasteiger partial charge in [-0.2, -0.15) is 0 Å². The SMILES string of the molecule is C#CC1(c2ccc(O)c(O)c2)CC1. The van der Waals surface area contributed by atoms with Crippen molar-refractivity contribution in [1.29, 1.82) is 0 Å². The first-order valence-corrected chi connectivity index (χ1v) is 4.18. The van der Waals surface area contributed by atoms with Gasteiger partial charge >= 0.3 is 0 Å². The highest BCUT2D eigenvalue weighted by atomic mass is 16.3. The number of hydrogen-bond acceptors (Lipinski definition) is 2. The van der Waals surface area contributed by atoms with Crippen LogP contribution < -0.4 is 0 Å². The van der Waals surface area contributed by atoms with E-state index < -0.39 is 0 Å². The van der Waals surface area contributed by atoms with Crippen molar-refractivity contribution in [2.75, 3.05) is 0 Å². The third-order valence-electron chi connectivity index (χ3n) is 2.55. The topological polar surface area (TPSA) is 40.5 Å². The quantitative estimate of drug-likeness (QED) is 0.503. The molecule has 1 aliphatic carbocycles. The molecule has 2 heteroatoms. The second-order valence-corrected chi connectivity index (χ2v) is 3.43. The zero-order valence-electron chi connectivity index (χ0n) is 7.12. The fraction of sp³-hybridized carbons (Fsp3) is 0.273. The minimum absolute atomic E-state index is 0.0981. The van der Waals surface area contributed by atoms with Gasteiger partial charge in [0.1, 0.15) is 0 Å². The lowest BCUT2D eigenvalue weighted by Crippen LogP contribution is -2.01. The van der Waals surface area contributed by atoms with Crippen LogP contribution in [0.25, 0.3) is 0 Å². The predicted molar refractivity (Wildman–Crippen MR) is 49.5 cm³/mol. The smallest absolute Gasteiger partial charge is 0.157 e. The van der Waals surface area contributed by atoms with Crippen LogP contribution in [0.1, 0.15) is 18.4 Å². The molecule has 0 amide bonds. The first-order chi connectivity index (χ1) is 6.18. The van der Waals surface area contributed by atoms with E-state index in [1.54, 1.807) is 12.1 Å². The molecule has 0 bridgehead atoms. The van der Waals surface area contributed by atoms with Crippen LogP contribution in [0.5, 0.6) is 11.5 Å². The van der Waals surface area contributed by atoms with Gasteiger partial charge in [-0.25, -0.2) is 0 Å². The normalized spacial score (nSPS) is 17.8. The second-order valence-electron chi connectivity index (χ2n) is 3.43. The number of terminal acetylenes is 1. The Hall–Kier alpha value is -1.62. The van der Waals surface area contributed by atoms with Crippen molar-refractivity contribution in [3.05, 3.63) is 23.8 Å². The minimum Gasteiger partial charge on any atom is -0.504 e. The maximum atomic E-state index is 9.27. The Labute approximate surface area is 76.8 Å². The molecule has 13 heavy (non-hydrogen) atoms. The van der Waals surface area contributed by atoms with Crippen molar-refractivity contribution < 1.29 is 10.2 Å². The summed E-state index contributed by atoms with van der Waals surface area (Å²) in [5.41, 5.74) is 0.746. The first-order valence-electron chi connectivity index (χ1n) is 4.18. The average Bonchev–Trinajstić information content (AvgIpc) is 2.90. The molecule has 0 aliphatic heterocycles. The van der Waals surface area contributed by atoms with Crippen molar-refractivity contribution >= 4 is 0 Å². The van der Waals surface area contributed by atoms with E-state index in [0.29, 0.717) is 0 Å². The van der Waals surface area contributed by atoms with Crippen LogP contribution in [0.3, 0.4) is 0 Å². The standard InChI is InChI=1S/C11H10O2/c1-2-11(5-6-11)8-3-4-9(12)10(13)7-8/h1,3-4,7,12-13H,5-6H2. The largest absolute Gasteiger partial charge is 0.504 e. The first kappa shape index (κ1) is 8.00. The molecular weight excluding hydrogens is 164 g/mol. The van der Waals surface area contributed by atoms with Crippen molar-refractivity contribution in [2.24, 2.45) is 0 Å². The van der Waals surface area contributed by atoms with Gasteiger partial charge in [0.2, 0.25) is 0 Å². The van der Waals surface area contributed by atoms with E-state index in [0.717, 1.165) is 18.4 Å². The van der Waals surface area contributed by atoms with Gasteiger partial charge in [-0.15, -0.1) is 6.42 Å². The van der Waals surface area contributed by atoms with E-state index in [-0.39, 0.29) is 16.9 Å². The van der Waals surface area contributed by atoms with Gasteiger partial charge in [-0.3, -0.25) is 0 Å². The lowest BCUT2D eigenvalue weighted by atomic mass is 9.97. The van der Waals surface area contributed by atoms with Crippen molar-refractivity contribution in [1.82, 2.24) is 0 Å². The Kier molecular flexibility index (Phi) is 1.50. The number of benzene rings is 1. The van der Waals surface area contributed by atoms with Crippen LogP contribution in [0, 0.1) is 12.3 Å². The van der Waals surface area contributed by atoms with E-state index in [1.165, 1.54) is 6.07 Å². The molecule has 1 aromatic rings. The van der Waals surface area contributed by atoms with Gasteiger partial charge in [0.25, 0.3) is 0 Å². The molecular formula is C11H10O2. The molecule has 66 valence electrons. The number of aromatic hydroxyl groups is 2. The maximum Gasteiger partial charge on any atom is 0.157 e. The molecule has 0 saturated heterocycles. The van der Waals surface area contributed by atoms with Crippen LogP contribution in [0.2, 0.25) is 0 Å². The molecule has 0 spiro atoms. The van der Waals surface area contributed by atoms with Crippen molar-refractivity contribution in [3.8, 4) is 23.8 Å². The molecule has 2 N–H and O–H groups in total. The Bertz CT molecular complexity index is 384. The summed E-state index contributed by atoms with van der Waals surface area (Å²) in [6.45, 7) is 0. The summed E-state index contributed by atoms with van der Waals surface area (Å²) in [6.07, 6.45) is 7.33. The molecule has 1 saturated carbocycles. The van der Waals surface area contributed by atoms with Gasteiger partial charge in [0, 0.05) is 0 Å². The summed E-state index contributed by atoms with van der Waals surface area (Å²) in [6, 6.07) is 4.78. The monoisotopic (exact) mass is 174 g/mol. The summed E-state index contributed by atoms with van der Waals surface area (Å²) in [7, 11) is 0. The van der Waals surface area contributed by atoms with Crippen LogP contribution >= 0.6 is 0 Å². The molecule has 2 nitrogen and oxygen atoms in total. The Morgan fingerprint density at radius 2 is 1.92 bits per heavy atom. The summed E-state index contributed by atoms with van der Waals surface area (Å²) in [5, 5.41) is 18.4. The number of hydrogen-bond donors (Lipinski definition) is 2. The lowest BCUT2D eigenvalue weighted by molar-refractivity contribution is 0.403. The van der Waals surface area contributed by atoms with Crippen molar-refractivity contribution in [2.45, 2.75) is 18.3 Å². The van der Waals surface area contributed by atoms with E-state index in [2.05, 4.69) is 5.92 Å². The second kappa shape index (κ2) is 2.43. The molecule has 1 aromatic carbocycles. The van der Waals surface area contributed by atoms with E-state index in [1.807, 2.05) is 0 Å². The van der Waals surface area contributed by atoms with E-state index >= 15 is 0 Å². The predicted octanol–water partition coefficient (Wildman–Crippen LogP) is 1.76. The minimum atomic E-state index is -0.175. The number of rotatable bonds is 1. The Balaban J connectivity index is 2.44. The van der Waals surface area contributed by atoms with Gasteiger partial charge < -0.3 is 10.2 Å². The average molecular weight is 174 g/mol. The van der Waals surface area contributed by atoms with Crippen LogP contribution in [-0.2, 0) is 5.41 Å². The third kappa shape index (κ3) is 1.13. The Morgan fingerprint density at radius 1 is 1.23 bits per heavy atom. The van der Waals surface area contributed by atoms with Gasteiger partial charge in [-0.05, 0) is 30.5 Å². The summed E-state index contributed by atoms with van der Waals surface area (Å²) in [4.78, 5) is 0. The molecule has 1 aliphatic rings. The molecule has 0 radical (unpaired) electrons. The van der Waals surface area contributed by atoms with Gasteiger partial charge in [0.05, 0.1) is 5.41 Å². The summed E-state index contributed by atoms with van der Waals surface area (Å²) >= 11 is 0. The zero-order chi connectivity index (χ0) is 9.47. The fourth-order valence-corrected chi connectivity index (χ4v) is 1.46. The third-order valence-corrected chi connectivity index (χ3v) is 2.55. The molecule has 2 rings (SSSR count). The maximum absolute atomic E-state index is 9.27. The number of phenolic OH excluding ortho intramolecular Hbond substituents is 2. The molecule has 0 unspecified atom stereocenters. The highest BCUT2D eigenvalue weighted by Gasteiger charge is 2.42. The highest BCUT2D eigenvalue weighted by Crippen LogP contribution is 2.48. The molecule has 0 heterocycles. The van der Waals surface area contributed by atoms with Crippen LogP contribution in [0.15, 0.2) is 18.2 Å². The number of phenols is 2. The molecule has 1 fully saturated rings. The van der Waals surface area contributed by atoms with E-state index in [4.69, 9.17) is 11.5 Å². The summed E-state index contributed by atoms with van der Waals surface area (Å²) < 4.78 is 0. The lowest BCUT2D eigenvalue weighted by Gasteiger charge is -2.08. The Morgan fingerprint density at radius 3 is 2.38 bits per heavy atom. The molecule has 0 aromatic heterocycles. The summed E-state index contributed by atoms with van der Waals surface area (Å²) in [5.74, 6) is 2.52. The molecule has 0 atom stereocenters. The fourth-order valence-electron chi connectivity index (χ4n) is 1.46. The van der Waals surface area contributed by atoms with Crippen LogP contribution in [0.4, 0.5) is 0 Å². The van der Waals surface area contributed by atoms with Gasteiger partial charge in [0.15, 0.2) is 11.5 Å². The van der Waals surface area contributed by atoms with Gasteiger partial charge in [-0.1, -0.05) is 12.0 Å². The highest BCUT2D eigenvalue weighted by molar-refractivity contribution is 5.48. The van der Waals surface area contributed by atoms with Crippen molar-refractivity contribution in [3.63, 3.8) is 0 Å². The van der Waals surface area contributed by atoms with Crippen LogP contribution in [-0.4, -0.2) is 10.2 Å².